The highest BCUT2D eigenvalue weighted by Gasteiger charge is 2.33. The Morgan fingerprint density at radius 3 is 2.50 bits per heavy atom. The summed E-state index contributed by atoms with van der Waals surface area (Å²) in [5.41, 5.74) is 8.01. The van der Waals surface area contributed by atoms with Crippen molar-refractivity contribution in [3.8, 4) is 29.1 Å². The first-order valence-electron chi connectivity index (χ1n) is 11.1. The van der Waals surface area contributed by atoms with E-state index in [9.17, 15) is 10.1 Å². The summed E-state index contributed by atoms with van der Waals surface area (Å²) < 4.78 is 22.3. The number of halogens is 2. The van der Waals surface area contributed by atoms with Crippen molar-refractivity contribution in [2.75, 3.05) is 13.7 Å². The summed E-state index contributed by atoms with van der Waals surface area (Å²) >= 11 is 12.3. The van der Waals surface area contributed by atoms with Crippen molar-refractivity contribution in [2.24, 2.45) is 5.73 Å². The van der Waals surface area contributed by atoms with Crippen LogP contribution in [0.4, 0.5) is 0 Å². The number of hydrogen-bond acceptors (Lipinski definition) is 7. The zero-order valence-electron chi connectivity index (χ0n) is 19.5. The van der Waals surface area contributed by atoms with E-state index in [1.165, 1.54) is 19.2 Å². The molecule has 0 aliphatic carbocycles. The molecule has 0 radical (unpaired) electrons. The van der Waals surface area contributed by atoms with Crippen molar-refractivity contribution in [1.82, 2.24) is 0 Å². The summed E-state index contributed by atoms with van der Waals surface area (Å²) in [7, 11) is 1.43. The van der Waals surface area contributed by atoms with Crippen LogP contribution in [0.15, 0.2) is 66.1 Å². The van der Waals surface area contributed by atoms with Crippen LogP contribution < -0.4 is 24.7 Å². The molecule has 184 valence electrons. The maximum Gasteiger partial charge on any atom is 0.343 e. The lowest BCUT2D eigenvalue weighted by Gasteiger charge is -2.28. The number of methoxy groups -OCH3 is 1. The first-order valence-corrected chi connectivity index (χ1v) is 11.8. The number of fused-ring (bicyclic) bond motifs is 1. The summed E-state index contributed by atoms with van der Waals surface area (Å²) in [4.78, 5) is 12.8. The normalized spacial score (nSPS) is 14.4. The molecular formula is C27H22Cl2N2O5. The second kappa shape index (κ2) is 10.8. The van der Waals surface area contributed by atoms with Crippen LogP contribution in [0.1, 0.15) is 40.7 Å². The van der Waals surface area contributed by atoms with Crippen LogP contribution in [0.3, 0.4) is 0 Å². The average Bonchev–Trinajstić information content (AvgIpc) is 2.86. The van der Waals surface area contributed by atoms with E-state index < -0.39 is 11.9 Å². The van der Waals surface area contributed by atoms with E-state index in [0.29, 0.717) is 23.7 Å². The Kier molecular flexibility index (Phi) is 7.58. The number of carbonyl (C=O) groups excluding carboxylic acids is 1. The first kappa shape index (κ1) is 25.2. The van der Waals surface area contributed by atoms with Crippen LogP contribution in [-0.4, -0.2) is 19.7 Å². The third-order valence-corrected chi connectivity index (χ3v) is 6.09. The van der Waals surface area contributed by atoms with Crippen molar-refractivity contribution >= 4 is 29.2 Å². The van der Waals surface area contributed by atoms with Gasteiger partial charge in [-0.3, -0.25) is 0 Å². The standard InChI is InChI=1S/C27H22Cl2N2O5/c1-3-10-34-22-7-5-4-6-17(22)24-18-9-8-16(13-23(18)36-26(31)19(24)14-30)35-27(32)15-11-20(28)25(33-2)21(29)12-15/h4-9,11-13,24H,3,10,31H2,1-2H3. The number of esters is 1. The molecule has 3 aromatic rings. The molecule has 7 nitrogen and oxygen atoms in total. The lowest BCUT2D eigenvalue weighted by Crippen LogP contribution is -2.21. The molecule has 1 atom stereocenters. The highest BCUT2D eigenvalue weighted by molar-refractivity contribution is 6.37. The fourth-order valence-corrected chi connectivity index (χ4v) is 4.56. The first-order chi connectivity index (χ1) is 17.4. The minimum atomic E-state index is -0.673. The Morgan fingerprint density at radius 2 is 1.83 bits per heavy atom. The number of hydrogen-bond donors (Lipinski definition) is 1. The number of nitrogens with zero attached hydrogens (tertiary/aromatic N) is 1. The minimum Gasteiger partial charge on any atom is -0.494 e. The lowest BCUT2D eigenvalue weighted by atomic mass is 9.83. The second-order valence-corrected chi connectivity index (χ2v) is 8.69. The van der Waals surface area contributed by atoms with Gasteiger partial charge in [0.2, 0.25) is 5.88 Å². The molecule has 1 aliphatic heterocycles. The van der Waals surface area contributed by atoms with E-state index in [-0.39, 0.29) is 38.6 Å². The third-order valence-electron chi connectivity index (χ3n) is 5.53. The van der Waals surface area contributed by atoms with Crippen LogP contribution in [0, 0.1) is 11.3 Å². The van der Waals surface area contributed by atoms with Crippen LogP contribution in [0.5, 0.6) is 23.0 Å². The zero-order chi connectivity index (χ0) is 25.8. The molecule has 0 amide bonds. The molecule has 0 saturated heterocycles. The van der Waals surface area contributed by atoms with Crippen molar-refractivity contribution < 1.29 is 23.7 Å². The zero-order valence-corrected chi connectivity index (χ0v) is 21.0. The number of para-hydroxylation sites is 1. The Morgan fingerprint density at radius 1 is 1.11 bits per heavy atom. The Hall–Kier alpha value is -3.86. The predicted molar refractivity (Wildman–Crippen MR) is 136 cm³/mol. The van der Waals surface area contributed by atoms with E-state index >= 15 is 0 Å². The van der Waals surface area contributed by atoms with Gasteiger partial charge < -0.3 is 24.7 Å². The van der Waals surface area contributed by atoms with E-state index in [2.05, 4.69) is 6.07 Å². The quantitative estimate of drug-likeness (QED) is 0.288. The van der Waals surface area contributed by atoms with Gasteiger partial charge in [-0.2, -0.15) is 5.26 Å². The van der Waals surface area contributed by atoms with Gasteiger partial charge in [0.1, 0.15) is 28.9 Å². The number of allylic oxidation sites excluding steroid dienone is 1. The van der Waals surface area contributed by atoms with Gasteiger partial charge >= 0.3 is 5.97 Å². The highest BCUT2D eigenvalue weighted by Crippen LogP contribution is 2.46. The summed E-state index contributed by atoms with van der Waals surface area (Å²) in [5, 5.41) is 10.2. The van der Waals surface area contributed by atoms with Gasteiger partial charge in [0.05, 0.1) is 35.2 Å². The van der Waals surface area contributed by atoms with E-state index in [1.807, 2.05) is 31.2 Å². The van der Waals surface area contributed by atoms with Gasteiger partial charge in [0.25, 0.3) is 0 Å². The molecule has 0 saturated carbocycles. The van der Waals surface area contributed by atoms with E-state index in [0.717, 1.165) is 12.0 Å². The largest absolute Gasteiger partial charge is 0.494 e. The van der Waals surface area contributed by atoms with Crippen molar-refractivity contribution in [1.29, 1.82) is 5.26 Å². The number of rotatable bonds is 7. The van der Waals surface area contributed by atoms with Gasteiger partial charge in [-0.05, 0) is 30.7 Å². The Labute approximate surface area is 218 Å². The van der Waals surface area contributed by atoms with Gasteiger partial charge in [0.15, 0.2) is 5.75 Å². The molecule has 1 unspecified atom stereocenters. The van der Waals surface area contributed by atoms with Gasteiger partial charge in [-0.25, -0.2) is 4.79 Å². The fourth-order valence-electron chi connectivity index (χ4n) is 3.92. The minimum absolute atomic E-state index is 0.0301. The van der Waals surface area contributed by atoms with Crippen LogP contribution in [0.25, 0.3) is 0 Å². The van der Waals surface area contributed by atoms with Gasteiger partial charge in [-0.1, -0.05) is 54.4 Å². The SMILES string of the molecule is CCCOc1ccccc1C1C(C#N)=C(N)Oc2cc(OC(=O)c3cc(Cl)c(OC)c(Cl)c3)ccc21. The Bertz CT molecular complexity index is 1370. The molecule has 4 rings (SSSR count). The maximum absolute atomic E-state index is 12.8. The van der Waals surface area contributed by atoms with Crippen LogP contribution in [-0.2, 0) is 0 Å². The average molecular weight is 525 g/mol. The molecule has 0 spiro atoms. The van der Waals surface area contributed by atoms with Gasteiger partial charge in [0, 0.05) is 17.2 Å². The van der Waals surface area contributed by atoms with Crippen LogP contribution >= 0.6 is 23.2 Å². The van der Waals surface area contributed by atoms with Gasteiger partial charge in [-0.15, -0.1) is 0 Å². The van der Waals surface area contributed by atoms with Crippen LogP contribution in [0.2, 0.25) is 10.0 Å². The molecule has 2 N–H and O–H groups in total. The molecule has 9 heteroatoms. The number of nitrogens with two attached hydrogens (primary N) is 1. The van der Waals surface area contributed by atoms with Crippen molar-refractivity contribution in [3.63, 3.8) is 0 Å². The lowest BCUT2D eigenvalue weighted by molar-refractivity contribution is 0.0734. The van der Waals surface area contributed by atoms with E-state index in [1.54, 1.807) is 18.2 Å². The number of nitriles is 1. The number of carbonyl (C=O) groups is 1. The smallest absolute Gasteiger partial charge is 0.343 e. The molecule has 1 aliphatic rings. The molecule has 1 heterocycles. The van der Waals surface area contributed by atoms with E-state index in [4.69, 9.17) is 47.9 Å². The molecule has 3 aromatic carbocycles. The number of ether oxygens (including phenoxy) is 4. The molecule has 0 bridgehead atoms. The van der Waals surface area contributed by atoms with Crippen molar-refractivity contribution in [2.45, 2.75) is 19.3 Å². The third kappa shape index (κ3) is 4.92. The summed E-state index contributed by atoms with van der Waals surface area (Å²) in [6.07, 6.45) is 0.834. The number of benzene rings is 3. The summed E-state index contributed by atoms with van der Waals surface area (Å²) in [6.45, 7) is 2.55. The predicted octanol–water partition coefficient (Wildman–Crippen LogP) is 6.23. The summed E-state index contributed by atoms with van der Waals surface area (Å²) in [6, 6.07) is 17.4. The molecule has 0 fully saturated rings. The summed E-state index contributed by atoms with van der Waals surface area (Å²) in [5.74, 6) is 0.270. The van der Waals surface area contributed by atoms with Crippen molar-refractivity contribution in [3.05, 3.63) is 92.8 Å². The second-order valence-electron chi connectivity index (χ2n) is 7.87. The molecule has 0 aromatic heterocycles. The highest BCUT2D eigenvalue weighted by atomic mass is 35.5. The molecular weight excluding hydrogens is 503 g/mol. The Balaban J connectivity index is 1.69. The fraction of sp³-hybridized carbons (Fsp3) is 0.185. The monoisotopic (exact) mass is 524 g/mol. The molecule has 36 heavy (non-hydrogen) atoms. The maximum atomic E-state index is 12.8. The topological polar surface area (TPSA) is 104 Å².